The van der Waals surface area contributed by atoms with Gasteiger partial charge in [0.05, 0.1) is 5.69 Å². The maximum atomic E-state index is 4.47. The molecule has 1 aromatic carbocycles. The zero-order valence-corrected chi connectivity index (χ0v) is 10.4. The van der Waals surface area contributed by atoms with Gasteiger partial charge in [0.15, 0.2) is 0 Å². The molecule has 0 spiro atoms. The second-order valence-electron chi connectivity index (χ2n) is 5.17. The lowest BCUT2D eigenvalue weighted by Gasteiger charge is -2.22. The van der Waals surface area contributed by atoms with Gasteiger partial charge in [-0.25, -0.2) is 0 Å². The second kappa shape index (κ2) is 3.78. The fourth-order valence-electron chi connectivity index (χ4n) is 1.92. The van der Waals surface area contributed by atoms with Crippen LogP contribution in [0.5, 0.6) is 0 Å². The van der Waals surface area contributed by atoms with Gasteiger partial charge in [0.2, 0.25) is 0 Å². The van der Waals surface area contributed by atoms with E-state index in [0.29, 0.717) is 0 Å². The summed E-state index contributed by atoms with van der Waals surface area (Å²) in [7, 11) is 1.95. The third kappa shape index (κ3) is 2.01. The van der Waals surface area contributed by atoms with E-state index in [2.05, 4.69) is 56.2 Å². The van der Waals surface area contributed by atoms with Gasteiger partial charge in [-0.05, 0) is 17.0 Å². The molecule has 0 aliphatic heterocycles. The molecule has 0 aliphatic carbocycles. The number of aromatic nitrogens is 2. The first-order valence-electron chi connectivity index (χ1n) is 5.58. The van der Waals surface area contributed by atoms with Crippen LogP contribution in [-0.2, 0) is 12.5 Å². The zero-order valence-electron chi connectivity index (χ0n) is 10.4. The Labute approximate surface area is 96.9 Å². The van der Waals surface area contributed by atoms with Crippen LogP contribution in [0.2, 0.25) is 0 Å². The van der Waals surface area contributed by atoms with Gasteiger partial charge in [0, 0.05) is 18.8 Å². The molecule has 0 radical (unpaired) electrons. The number of aryl methyl sites for hydroxylation is 1. The van der Waals surface area contributed by atoms with Crippen molar-refractivity contribution in [1.29, 1.82) is 0 Å². The molecule has 0 saturated heterocycles. The first kappa shape index (κ1) is 10.9. The molecule has 16 heavy (non-hydrogen) atoms. The van der Waals surface area contributed by atoms with Gasteiger partial charge in [-0.1, -0.05) is 45.0 Å². The maximum Gasteiger partial charge on any atom is 0.0925 e. The molecule has 2 heteroatoms. The van der Waals surface area contributed by atoms with Gasteiger partial charge in [0.1, 0.15) is 0 Å². The maximum absolute atomic E-state index is 4.47. The van der Waals surface area contributed by atoms with Crippen molar-refractivity contribution in [2.45, 2.75) is 26.2 Å². The summed E-state index contributed by atoms with van der Waals surface area (Å²) in [5, 5.41) is 4.47. The Morgan fingerprint density at radius 3 is 2.31 bits per heavy atom. The highest BCUT2D eigenvalue weighted by Crippen LogP contribution is 2.31. The summed E-state index contributed by atoms with van der Waals surface area (Å²) in [5.41, 5.74) is 3.77. The van der Waals surface area contributed by atoms with E-state index in [0.717, 1.165) is 5.69 Å². The zero-order chi connectivity index (χ0) is 11.8. The molecule has 0 bridgehead atoms. The first-order valence-corrected chi connectivity index (χ1v) is 5.58. The van der Waals surface area contributed by atoms with E-state index >= 15 is 0 Å². The number of hydrogen-bond acceptors (Lipinski definition) is 1. The molecule has 2 nitrogen and oxygen atoms in total. The van der Waals surface area contributed by atoms with E-state index in [4.69, 9.17) is 0 Å². The van der Waals surface area contributed by atoms with E-state index in [-0.39, 0.29) is 5.41 Å². The Hall–Kier alpha value is -1.57. The highest BCUT2D eigenvalue weighted by molar-refractivity contribution is 5.64. The molecular formula is C14H18N2. The fraction of sp³-hybridized carbons (Fsp3) is 0.357. The molecule has 0 unspecified atom stereocenters. The van der Waals surface area contributed by atoms with Crippen molar-refractivity contribution >= 4 is 0 Å². The SMILES string of the molecule is Cn1ccc(-c2ccccc2C(C)(C)C)n1. The van der Waals surface area contributed by atoms with Crippen molar-refractivity contribution in [3.63, 3.8) is 0 Å². The molecule has 0 amide bonds. The molecule has 0 N–H and O–H groups in total. The average molecular weight is 214 g/mol. The summed E-state index contributed by atoms with van der Waals surface area (Å²) >= 11 is 0. The third-order valence-corrected chi connectivity index (χ3v) is 2.72. The molecule has 2 rings (SSSR count). The summed E-state index contributed by atoms with van der Waals surface area (Å²) in [5.74, 6) is 0. The van der Waals surface area contributed by atoms with Crippen LogP contribution in [0, 0.1) is 0 Å². The Balaban J connectivity index is 2.57. The smallest absolute Gasteiger partial charge is 0.0925 e. The highest BCUT2D eigenvalue weighted by Gasteiger charge is 2.18. The Morgan fingerprint density at radius 2 is 1.75 bits per heavy atom. The van der Waals surface area contributed by atoms with Crippen LogP contribution in [0.15, 0.2) is 36.5 Å². The van der Waals surface area contributed by atoms with Crippen LogP contribution in [0.25, 0.3) is 11.3 Å². The lowest BCUT2D eigenvalue weighted by Crippen LogP contribution is -2.12. The fourth-order valence-corrected chi connectivity index (χ4v) is 1.92. The van der Waals surface area contributed by atoms with E-state index in [9.17, 15) is 0 Å². The van der Waals surface area contributed by atoms with Crippen molar-refractivity contribution in [1.82, 2.24) is 9.78 Å². The van der Waals surface area contributed by atoms with Crippen LogP contribution in [-0.4, -0.2) is 9.78 Å². The molecule has 1 heterocycles. The second-order valence-corrected chi connectivity index (χ2v) is 5.17. The molecule has 0 fully saturated rings. The number of nitrogens with zero attached hydrogens (tertiary/aromatic N) is 2. The van der Waals surface area contributed by atoms with Crippen LogP contribution in [0.3, 0.4) is 0 Å². The third-order valence-electron chi connectivity index (χ3n) is 2.72. The van der Waals surface area contributed by atoms with Gasteiger partial charge >= 0.3 is 0 Å². The summed E-state index contributed by atoms with van der Waals surface area (Å²) in [4.78, 5) is 0. The summed E-state index contributed by atoms with van der Waals surface area (Å²) in [6.45, 7) is 6.69. The normalized spacial score (nSPS) is 11.8. The average Bonchev–Trinajstić information content (AvgIpc) is 2.64. The minimum Gasteiger partial charge on any atom is -0.275 e. The van der Waals surface area contributed by atoms with E-state index in [1.807, 2.05) is 17.9 Å². The van der Waals surface area contributed by atoms with Crippen LogP contribution >= 0.6 is 0 Å². The Kier molecular flexibility index (Phi) is 2.58. The molecule has 0 aliphatic rings. The number of benzene rings is 1. The van der Waals surface area contributed by atoms with Crippen molar-refractivity contribution in [2.75, 3.05) is 0 Å². The summed E-state index contributed by atoms with van der Waals surface area (Å²) in [6.07, 6.45) is 1.98. The van der Waals surface area contributed by atoms with E-state index < -0.39 is 0 Å². The Bertz CT molecular complexity index is 489. The quantitative estimate of drug-likeness (QED) is 0.711. The minimum atomic E-state index is 0.147. The predicted molar refractivity (Wildman–Crippen MR) is 67.3 cm³/mol. The van der Waals surface area contributed by atoms with Gasteiger partial charge < -0.3 is 0 Å². The predicted octanol–water partition coefficient (Wildman–Crippen LogP) is 3.38. The molecule has 0 atom stereocenters. The van der Waals surface area contributed by atoms with Gasteiger partial charge in [-0.3, -0.25) is 4.68 Å². The topological polar surface area (TPSA) is 17.8 Å². The molecular weight excluding hydrogens is 196 g/mol. The molecule has 84 valence electrons. The van der Waals surface area contributed by atoms with E-state index in [1.54, 1.807) is 0 Å². The van der Waals surface area contributed by atoms with E-state index in [1.165, 1.54) is 11.1 Å². The van der Waals surface area contributed by atoms with Gasteiger partial charge in [0.25, 0.3) is 0 Å². The standard InChI is InChI=1S/C14H18N2/c1-14(2,3)12-8-6-5-7-11(12)13-9-10-16(4)15-13/h5-10H,1-4H3. The molecule has 2 aromatic rings. The summed E-state index contributed by atoms with van der Waals surface area (Å²) < 4.78 is 1.84. The monoisotopic (exact) mass is 214 g/mol. The highest BCUT2D eigenvalue weighted by atomic mass is 15.2. The first-order chi connectivity index (χ1) is 7.48. The lowest BCUT2D eigenvalue weighted by atomic mass is 9.83. The van der Waals surface area contributed by atoms with Crippen molar-refractivity contribution in [3.05, 3.63) is 42.1 Å². The van der Waals surface area contributed by atoms with Crippen LogP contribution < -0.4 is 0 Å². The van der Waals surface area contributed by atoms with Crippen LogP contribution in [0.1, 0.15) is 26.3 Å². The minimum absolute atomic E-state index is 0.147. The molecule has 1 aromatic heterocycles. The van der Waals surface area contributed by atoms with Gasteiger partial charge in [-0.15, -0.1) is 0 Å². The largest absolute Gasteiger partial charge is 0.275 e. The van der Waals surface area contributed by atoms with Gasteiger partial charge in [-0.2, -0.15) is 5.10 Å². The number of hydrogen-bond donors (Lipinski definition) is 0. The van der Waals surface area contributed by atoms with Crippen molar-refractivity contribution in [2.24, 2.45) is 7.05 Å². The van der Waals surface area contributed by atoms with Crippen molar-refractivity contribution < 1.29 is 0 Å². The molecule has 0 saturated carbocycles. The number of rotatable bonds is 1. The Morgan fingerprint density at radius 1 is 1.06 bits per heavy atom. The van der Waals surface area contributed by atoms with Crippen molar-refractivity contribution in [3.8, 4) is 11.3 Å². The summed E-state index contributed by atoms with van der Waals surface area (Å²) in [6, 6.07) is 10.5. The van der Waals surface area contributed by atoms with Crippen LogP contribution in [0.4, 0.5) is 0 Å². The lowest BCUT2D eigenvalue weighted by molar-refractivity contribution is 0.591.